The van der Waals surface area contributed by atoms with Gasteiger partial charge in [-0.2, -0.15) is 0 Å². The number of nitrogens with zero attached hydrogens (tertiary/aromatic N) is 1. The van der Waals surface area contributed by atoms with E-state index < -0.39 is 5.97 Å². The zero-order valence-electron chi connectivity index (χ0n) is 11.3. The predicted molar refractivity (Wildman–Crippen MR) is 74.9 cm³/mol. The smallest absolute Gasteiger partial charge is 0.305 e. The number of rotatable bonds is 5. The molecule has 5 heteroatoms. The Morgan fingerprint density at radius 2 is 2.15 bits per heavy atom. The summed E-state index contributed by atoms with van der Waals surface area (Å²) in [4.78, 5) is 25.0. The quantitative estimate of drug-likeness (QED) is 0.858. The highest BCUT2D eigenvalue weighted by Crippen LogP contribution is 2.30. The third-order valence-corrected chi connectivity index (χ3v) is 3.88. The van der Waals surface area contributed by atoms with Crippen molar-refractivity contribution < 1.29 is 14.7 Å². The molecule has 1 fully saturated rings. The van der Waals surface area contributed by atoms with E-state index in [0.29, 0.717) is 12.1 Å². The lowest BCUT2D eigenvalue weighted by Gasteiger charge is -2.22. The SMILES string of the molecule is O=C(O)CCN(C(=O)c1ccc2c(c1)CCN2)C1CC1. The predicted octanol–water partition coefficient (Wildman–Crippen LogP) is 1.73. The molecule has 2 aliphatic rings. The van der Waals surface area contributed by atoms with Gasteiger partial charge in [0.25, 0.3) is 5.91 Å². The number of amides is 1. The number of carbonyl (C=O) groups is 2. The molecule has 20 heavy (non-hydrogen) atoms. The summed E-state index contributed by atoms with van der Waals surface area (Å²) < 4.78 is 0. The first-order valence-electron chi connectivity index (χ1n) is 7.05. The van der Waals surface area contributed by atoms with Gasteiger partial charge >= 0.3 is 5.97 Å². The van der Waals surface area contributed by atoms with Crippen LogP contribution in [0.4, 0.5) is 5.69 Å². The van der Waals surface area contributed by atoms with Crippen LogP contribution in [-0.4, -0.2) is 41.0 Å². The third kappa shape index (κ3) is 2.61. The summed E-state index contributed by atoms with van der Waals surface area (Å²) in [6.07, 6.45) is 2.92. The number of anilines is 1. The Morgan fingerprint density at radius 3 is 2.85 bits per heavy atom. The van der Waals surface area contributed by atoms with E-state index in [1.807, 2.05) is 18.2 Å². The van der Waals surface area contributed by atoms with E-state index in [1.165, 1.54) is 5.56 Å². The molecule has 1 heterocycles. The van der Waals surface area contributed by atoms with Gasteiger partial charge in [0, 0.05) is 30.4 Å². The first kappa shape index (κ1) is 13.0. The molecule has 0 saturated heterocycles. The summed E-state index contributed by atoms with van der Waals surface area (Å²) >= 11 is 0. The van der Waals surface area contributed by atoms with Crippen molar-refractivity contribution in [3.05, 3.63) is 29.3 Å². The Hall–Kier alpha value is -2.04. The fraction of sp³-hybridized carbons (Fsp3) is 0.467. The molecule has 1 aliphatic carbocycles. The maximum Gasteiger partial charge on any atom is 0.305 e. The molecule has 0 aromatic heterocycles. The van der Waals surface area contributed by atoms with Gasteiger partial charge in [-0.15, -0.1) is 0 Å². The van der Waals surface area contributed by atoms with E-state index in [4.69, 9.17) is 5.11 Å². The molecular formula is C15H18N2O3. The fourth-order valence-electron chi connectivity index (χ4n) is 2.66. The van der Waals surface area contributed by atoms with Crippen LogP contribution < -0.4 is 5.32 Å². The highest BCUT2D eigenvalue weighted by Gasteiger charge is 2.33. The molecule has 0 unspecified atom stereocenters. The molecule has 1 amide bonds. The first-order valence-corrected chi connectivity index (χ1v) is 7.05. The number of carboxylic acid groups (broad SMARTS) is 1. The minimum absolute atomic E-state index is 0.00867. The van der Waals surface area contributed by atoms with Gasteiger partial charge < -0.3 is 15.3 Å². The molecule has 3 rings (SSSR count). The second-order valence-electron chi connectivity index (χ2n) is 5.42. The molecule has 5 nitrogen and oxygen atoms in total. The van der Waals surface area contributed by atoms with Crippen LogP contribution in [0.15, 0.2) is 18.2 Å². The molecule has 0 atom stereocenters. The van der Waals surface area contributed by atoms with Gasteiger partial charge in [0.15, 0.2) is 0 Å². The summed E-state index contributed by atoms with van der Waals surface area (Å²) in [5.74, 6) is -0.898. The van der Waals surface area contributed by atoms with Gasteiger partial charge in [-0.05, 0) is 43.0 Å². The lowest BCUT2D eigenvalue weighted by atomic mass is 10.1. The van der Waals surface area contributed by atoms with Gasteiger partial charge in [0.2, 0.25) is 0 Å². The number of benzene rings is 1. The Morgan fingerprint density at radius 1 is 1.35 bits per heavy atom. The average Bonchev–Trinajstić information content (AvgIpc) is 3.15. The van der Waals surface area contributed by atoms with Gasteiger partial charge in [-0.3, -0.25) is 9.59 Å². The third-order valence-electron chi connectivity index (χ3n) is 3.88. The van der Waals surface area contributed by atoms with E-state index in [2.05, 4.69) is 5.32 Å². The Kier molecular flexibility index (Phi) is 3.34. The van der Waals surface area contributed by atoms with Crippen molar-refractivity contribution in [2.24, 2.45) is 0 Å². The van der Waals surface area contributed by atoms with Gasteiger partial charge in [-0.1, -0.05) is 0 Å². The normalized spacial score (nSPS) is 16.4. The zero-order chi connectivity index (χ0) is 14.1. The highest BCUT2D eigenvalue weighted by atomic mass is 16.4. The molecule has 0 spiro atoms. The summed E-state index contributed by atoms with van der Waals surface area (Å²) in [6, 6.07) is 5.94. The number of nitrogens with one attached hydrogen (secondary N) is 1. The average molecular weight is 274 g/mol. The second-order valence-corrected chi connectivity index (χ2v) is 5.42. The number of carbonyl (C=O) groups excluding carboxylic acids is 1. The monoisotopic (exact) mass is 274 g/mol. The molecule has 0 bridgehead atoms. The molecule has 106 valence electrons. The van der Waals surface area contributed by atoms with Crippen molar-refractivity contribution in [2.75, 3.05) is 18.4 Å². The lowest BCUT2D eigenvalue weighted by Crippen LogP contribution is -2.35. The maximum absolute atomic E-state index is 12.6. The van der Waals surface area contributed by atoms with E-state index in [1.54, 1.807) is 4.90 Å². The zero-order valence-corrected chi connectivity index (χ0v) is 11.3. The maximum atomic E-state index is 12.6. The van der Waals surface area contributed by atoms with Crippen LogP contribution in [0.25, 0.3) is 0 Å². The van der Waals surface area contributed by atoms with Crippen LogP contribution in [0.1, 0.15) is 35.2 Å². The van der Waals surface area contributed by atoms with Crippen LogP contribution in [0, 0.1) is 0 Å². The van der Waals surface area contributed by atoms with Crippen molar-refractivity contribution >= 4 is 17.6 Å². The minimum atomic E-state index is -0.860. The highest BCUT2D eigenvalue weighted by molar-refractivity contribution is 5.95. The molecular weight excluding hydrogens is 256 g/mol. The molecule has 1 aromatic carbocycles. The molecule has 1 saturated carbocycles. The second kappa shape index (κ2) is 5.15. The van der Waals surface area contributed by atoms with Crippen LogP contribution in [0.3, 0.4) is 0 Å². The number of hydrogen-bond acceptors (Lipinski definition) is 3. The number of aliphatic carboxylic acids is 1. The topological polar surface area (TPSA) is 69.6 Å². The van der Waals surface area contributed by atoms with E-state index >= 15 is 0 Å². The fourth-order valence-corrected chi connectivity index (χ4v) is 2.66. The van der Waals surface area contributed by atoms with Crippen LogP contribution in [0.2, 0.25) is 0 Å². The van der Waals surface area contributed by atoms with Crippen molar-refractivity contribution in [2.45, 2.75) is 31.7 Å². The summed E-state index contributed by atoms with van der Waals surface area (Å²) in [7, 11) is 0. The molecule has 1 aromatic rings. The van der Waals surface area contributed by atoms with Gasteiger partial charge in [0.05, 0.1) is 6.42 Å². The molecule has 1 aliphatic heterocycles. The van der Waals surface area contributed by atoms with Crippen molar-refractivity contribution in [3.63, 3.8) is 0 Å². The Labute approximate surface area is 117 Å². The minimum Gasteiger partial charge on any atom is -0.481 e. The van der Waals surface area contributed by atoms with Crippen LogP contribution >= 0.6 is 0 Å². The lowest BCUT2D eigenvalue weighted by molar-refractivity contribution is -0.137. The summed E-state index contributed by atoms with van der Waals surface area (Å²) in [6.45, 7) is 1.21. The van der Waals surface area contributed by atoms with Crippen molar-refractivity contribution in [1.29, 1.82) is 0 Å². The Bertz CT molecular complexity index is 552. The molecule has 0 radical (unpaired) electrons. The summed E-state index contributed by atoms with van der Waals surface area (Å²) in [5.41, 5.74) is 2.94. The van der Waals surface area contributed by atoms with Crippen molar-refractivity contribution in [3.8, 4) is 0 Å². The van der Waals surface area contributed by atoms with Gasteiger partial charge in [0.1, 0.15) is 0 Å². The van der Waals surface area contributed by atoms with Crippen molar-refractivity contribution in [1.82, 2.24) is 4.90 Å². The summed E-state index contributed by atoms with van der Waals surface area (Å²) in [5, 5.41) is 12.1. The van der Waals surface area contributed by atoms with E-state index in [0.717, 1.165) is 31.5 Å². The number of hydrogen-bond donors (Lipinski definition) is 2. The van der Waals surface area contributed by atoms with Crippen LogP contribution in [-0.2, 0) is 11.2 Å². The Balaban J connectivity index is 1.76. The standard InChI is InChI=1S/C15H18N2O3/c18-14(19)6-8-17(12-2-3-12)15(20)11-1-4-13-10(9-11)5-7-16-13/h1,4,9,12,16H,2-3,5-8H2,(H,18,19). The van der Waals surface area contributed by atoms with Crippen LogP contribution in [0.5, 0.6) is 0 Å². The van der Waals surface area contributed by atoms with E-state index in [-0.39, 0.29) is 18.4 Å². The molecule has 2 N–H and O–H groups in total. The first-order chi connectivity index (χ1) is 9.65. The van der Waals surface area contributed by atoms with Gasteiger partial charge in [-0.25, -0.2) is 0 Å². The number of carboxylic acids is 1. The largest absolute Gasteiger partial charge is 0.481 e. The van der Waals surface area contributed by atoms with E-state index in [9.17, 15) is 9.59 Å². The number of fused-ring (bicyclic) bond motifs is 1.